The Morgan fingerprint density at radius 3 is 2.61 bits per heavy atom. The van der Waals surface area contributed by atoms with E-state index in [2.05, 4.69) is 57.8 Å². The molecular formula is C22H37IN4O. The molecule has 2 saturated heterocycles. The molecule has 2 aliphatic rings. The van der Waals surface area contributed by atoms with Crippen LogP contribution in [0.5, 0.6) is 0 Å². The van der Waals surface area contributed by atoms with E-state index < -0.39 is 0 Å². The maximum atomic E-state index is 6.12. The van der Waals surface area contributed by atoms with Crippen molar-refractivity contribution in [2.75, 3.05) is 39.8 Å². The van der Waals surface area contributed by atoms with Gasteiger partial charge in [-0.1, -0.05) is 37.3 Å². The lowest BCUT2D eigenvalue weighted by molar-refractivity contribution is -0.0265. The molecule has 0 amide bonds. The van der Waals surface area contributed by atoms with Gasteiger partial charge in [-0.05, 0) is 44.2 Å². The SMILES string of the molecule is CCCN1CCC(NC(=NC)NCC2CCCOC2c2ccccc2)CC1.I. The van der Waals surface area contributed by atoms with Gasteiger partial charge in [-0.25, -0.2) is 0 Å². The zero-order chi connectivity index (χ0) is 18.9. The summed E-state index contributed by atoms with van der Waals surface area (Å²) in [5.74, 6) is 1.41. The van der Waals surface area contributed by atoms with E-state index in [9.17, 15) is 0 Å². The molecule has 2 unspecified atom stereocenters. The Bertz CT molecular complexity index is 575. The minimum atomic E-state index is 0. The van der Waals surface area contributed by atoms with Gasteiger partial charge in [0.1, 0.15) is 0 Å². The summed E-state index contributed by atoms with van der Waals surface area (Å²) in [6.07, 6.45) is 6.15. The predicted molar refractivity (Wildman–Crippen MR) is 128 cm³/mol. The van der Waals surface area contributed by atoms with Crippen LogP contribution in [-0.2, 0) is 4.74 Å². The average molecular weight is 500 g/mol. The largest absolute Gasteiger partial charge is 0.373 e. The van der Waals surface area contributed by atoms with Crippen molar-refractivity contribution in [3.8, 4) is 0 Å². The number of ether oxygens (including phenoxy) is 1. The Labute approximate surface area is 187 Å². The lowest BCUT2D eigenvalue weighted by atomic mass is 9.89. The van der Waals surface area contributed by atoms with Gasteiger partial charge in [0.2, 0.25) is 0 Å². The summed E-state index contributed by atoms with van der Waals surface area (Å²) in [5, 5.41) is 7.20. The van der Waals surface area contributed by atoms with E-state index in [0.29, 0.717) is 12.0 Å². The topological polar surface area (TPSA) is 48.9 Å². The number of likely N-dealkylation sites (tertiary alicyclic amines) is 1. The molecule has 2 N–H and O–H groups in total. The maximum absolute atomic E-state index is 6.12. The Morgan fingerprint density at radius 2 is 1.93 bits per heavy atom. The molecule has 2 heterocycles. The van der Waals surface area contributed by atoms with Crippen LogP contribution in [0.25, 0.3) is 0 Å². The number of piperidine rings is 1. The van der Waals surface area contributed by atoms with Crippen LogP contribution >= 0.6 is 24.0 Å². The van der Waals surface area contributed by atoms with Gasteiger partial charge >= 0.3 is 0 Å². The van der Waals surface area contributed by atoms with Crippen LogP contribution in [0.3, 0.4) is 0 Å². The lowest BCUT2D eigenvalue weighted by Gasteiger charge is -2.34. The number of guanidine groups is 1. The average Bonchev–Trinajstić information content (AvgIpc) is 2.73. The molecule has 0 aliphatic carbocycles. The predicted octanol–water partition coefficient (Wildman–Crippen LogP) is 3.81. The molecule has 158 valence electrons. The van der Waals surface area contributed by atoms with Gasteiger partial charge in [-0.2, -0.15) is 0 Å². The van der Waals surface area contributed by atoms with Gasteiger partial charge < -0.3 is 20.3 Å². The second kappa shape index (κ2) is 12.6. The normalized spacial score (nSPS) is 24.4. The van der Waals surface area contributed by atoms with Crippen LogP contribution in [0, 0.1) is 5.92 Å². The number of hydrogen-bond acceptors (Lipinski definition) is 3. The van der Waals surface area contributed by atoms with E-state index in [0.717, 1.165) is 25.5 Å². The molecule has 1 aromatic rings. The van der Waals surface area contributed by atoms with Crippen molar-refractivity contribution in [3.05, 3.63) is 35.9 Å². The van der Waals surface area contributed by atoms with Crippen LogP contribution in [0.2, 0.25) is 0 Å². The number of halogens is 1. The number of hydrogen-bond donors (Lipinski definition) is 2. The summed E-state index contributed by atoms with van der Waals surface area (Å²) >= 11 is 0. The first-order valence-corrected chi connectivity index (χ1v) is 10.7. The maximum Gasteiger partial charge on any atom is 0.191 e. The zero-order valence-corrected chi connectivity index (χ0v) is 19.7. The van der Waals surface area contributed by atoms with Crippen molar-refractivity contribution in [3.63, 3.8) is 0 Å². The highest BCUT2D eigenvalue weighted by Crippen LogP contribution is 2.33. The summed E-state index contributed by atoms with van der Waals surface area (Å²) in [4.78, 5) is 7.03. The molecular weight excluding hydrogens is 463 g/mol. The molecule has 5 nitrogen and oxygen atoms in total. The van der Waals surface area contributed by atoms with E-state index in [-0.39, 0.29) is 30.1 Å². The monoisotopic (exact) mass is 500 g/mol. The first kappa shape index (κ1) is 23.4. The highest BCUT2D eigenvalue weighted by Gasteiger charge is 2.27. The van der Waals surface area contributed by atoms with Crippen LogP contribution in [0.15, 0.2) is 35.3 Å². The van der Waals surface area contributed by atoms with Crippen molar-refractivity contribution in [1.82, 2.24) is 15.5 Å². The van der Waals surface area contributed by atoms with Gasteiger partial charge in [0.05, 0.1) is 6.10 Å². The van der Waals surface area contributed by atoms with Crippen LogP contribution in [-0.4, -0.2) is 56.7 Å². The first-order chi connectivity index (χ1) is 13.3. The van der Waals surface area contributed by atoms with Gasteiger partial charge in [0, 0.05) is 45.2 Å². The van der Waals surface area contributed by atoms with Crippen LogP contribution in [0.1, 0.15) is 50.7 Å². The first-order valence-electron chi connectivity index (χ1n) is 10.7. The third kappa shape index (κ3) is 6.88. The molecule has 3 rings (SSSR count). The van der Waals surface area contributed by atoms with E-state index in [1.807, 2.05) is 7.05 Å². The number of nitrogens with zero attached hydrogens (tertiary/aromatic N) is 2. The van der Waals surface area contributed by atoms with Crippen LogP contribution in [0.4, 0.5) is 0 Å². The van der Waals surface area contributed by atoms with Crippen molar-refractivity contribution in [1.29, 1.82) is 0 Å². The van der Waals surface area contributed by atoms with E-state index in [1.54, 1.807) is 0 Å². The Hall–Kier alpha value is -0.860. The van der Waals surface area contributed by atoms with Gasteiger partial charge in [-0.3, -0.25) is 4.99 Å². The number of aliphatic imine (C=N–C) groups is 1. The second-order valence-electron chi connectivity index (χ2n) is 7.82. The molecule has 1 aromatic carbocycles. The fraction of sp³-hybridized carbons (Fsp3) is 0.682. The highest BCUT2D eigenvalue weighted by atomic mass is 127. The fourth-order valence-corrected chi connectivity index (χ4v) is 4.30. The molecule has 2 aliphatic heterocycles. The number of nitrogens with one attached hydrogen (secondary N) is 2. The molecule has 28 heavy (non-hydrogen) atoms. The zero-order valence-electron chi connectivity index (χ0n) is 17.4. The smallest absolute Gasteiger partial charge is 0.191 e. The van der Waals surface area contributed by atoms with Crippen LogP contribution < -0.4 is 10.6 Å². The molecule has 2 fully saturated rings. The third-order valence-corrected chi connectivity index (χ3v) is 5.80. The Morgan fingerprint density at radius 1 is 1.18 bits per heavy atom. The Kier molecular flexibility index (Phi) is 10.6. The van der Waals surface area contributed by atoms with Crippen molar-refractivity contribution in [2.24, 2.45) is 10.9 Å². The number of benzene rings is 1. The van der Waals surface area contributed by atoms with E-state index in [1.165, 1.54) is 50.9 Å². The van der Waals surface area contributed by atoms with Crippen molar-refractivity contribution in [2.45, 2.75) is 51.2 Å². The summed E-state index contributed by atoms with van der Waals surface area (Å²) in [5.41, 5.74) is 1.29. The molecule has 0 saturated carbocycles. The van der Waals surface area contributed by atoms with Gasteiger partial charge in [0.15, 0.2) is 5.96 Å². The molecule has 0 aromatic heterocycles. The lowest BCUT2D eigenvalue weighted by Crippen LogP contribution is -2.50. The minimum Gasteiger partial charge on any atom is -0.373 e. The standard InChI is InChI=1S/C22H36N4O.HI/c1-3-13-26-14-11-20(12-15-26)25-22(23-2)24-17-19-10-7-16-27-21(19)18-8-5-4-6-9-18;/h4-6,8-9,19-21H,3,7,10-17H2,1-2H3,(H2,23,24,25);1H. The fourth-order valence-electron chi connectivity index (χ4n) is 4.30. The summed E-state index contributed by atoms with van der Waals surface area (Å²) in [7, 11) is 1.87. The third-order valence-electron chi connectivity index (χ3n) is 5.80. The Balaban J connectivity index is 0.00000280. The summed E-state index contributed by atoms with van der Waals surface area (Å²) in [6.45, 7) is 7.62. The summed E-state index contributed by atoms with van der Waals surface area (Å²) < 4.78 is 6.12. The molecule has 0 radical (unpaired) electrons. The quantitative estimate of drug-likeness (QED) is 0.355. The second-order valence-corrected chi connectivity index (χ2v) is 7.82. The van der Waals surface area contributed by atoms with Gasteiger partial charge in [-0.15, -0.1) is 24.0 Å². The molecule has 2 atom stereocenters. The number of rotatable bonds is 6. The van der Waals surface area contributed by atoms with Crippen molar-refractivity contribution >= 4 is 29.9 Å². The minimum absolute atomic E-state index is 0. The molecule has 0 bridgehead atoms. The van der Waals surface area contributed by atoms with Gasteiger partial charge in [0.25, 0.3) is 0 Å². The summed E-state index contributed by atoms with van der Waals surface area (Å²) in [6, 6.07) is 11.2. The highest BCUT2D eigenvalue weighted by molar-refractivity contribution is 14.0. The van der Waals surface area contributed by atoms with E-state index in [4.69, 9.17) is 4.74 Å². The molecule has 6 heteroatoms. The molecule has 0 spiro atoms. The van der Waals surface area contributed by atoms with E-state index >= 15 is 0 Å². The van der Waals surface area contributed by atoms with Crippen molar-refractivity contribution < 1.29 is 4.74 Å².